The minimum absolute atomic E-state index is 0.462. The molecule has 1 saturated carbocycles. The van der Waals surface area contributed by atoms with Gasteiger partial charge in [0.25, 0.3) is 0 Å². The van der Waals surface area contributed by atoms with E-state index in [1.54, 1.807) is 0 Å². The van der Waals surface area contributed by atoms with Gasteiger partial charge in [0.05, 0.1) is 0 Å². The van der Waals surface area contributed by atoms with Gasteiger partial charge in [-0.2, -0.15) is 0 Å². The van der Waals surface area contributed by atoms with Crippen molar-refractivity contribution in [1.82, 2.24) is 9.88 Å². The van der Waals surface area contributed by atoms with Crippen molar-refractivity contribution in [3.63, 3.8) is 0 Å². The Bertz CT molecular complexity index is 338. The second-order valence-corrected chi connectivity index (χ2v) is 5.78. The lowest BCUT2D eigenvalue weighted by Gasteiger charge is -2.39. The second-order valence-electron chi connectivity index (χ2n) is 5.78. The van der Waals surface area contributed by atoms with Crippen molar-refractivity contribution in [2.24, 2.45) is 12.5 Å². The number of aryl methyl sites for hydroxylation is 1. The van der Waals surface area contributed by atoms with E-state index in [1.807, 2.05) is 0 Å². The van der Waals surface area contributed by atoms with Crippen LogP contribution in [0, 0.1) is 5.41 Å². The fraction of sp³-hybridized carbons (Fsp3) is 0.714. The average Bonchev–Trinajstić information content (AvgIpc) is 2.62. The summed E-state index contributed by atoms with van der Waals surface area (Å²) in [6.07, 6.45) is 7.59. The molecular formula is C14H24N2. The van der Waals surface area contributed by atoms with E-state index >= 15 is 0 Å². The average molecular weight is 220 g/mol. The molecule has 1 unspecified atom stereocenters. The Morgan fingerprint density at radius 3 is 2.88 bits per heavy atom. The molecule has 90 valence electrons. The molecule has 1 atom stereocenters. The third-order valence-electron chi connectivity index (χ3n) is 4.09. The van der Waals surface area contributed by atoms with E-state index in [1.165, 1.54) is 31.4 Å². The zero-order valence-electron chi connectivity index (χ0n) is 10.8. The van der Waals surface area contributed by atoms with Crippen LogP contribution in [0.25, 0.3) is 0 Å². The highest BCUT2D eigenvalue weighted by Crippen LogP contribution is 2.35. The molecule has 2 rings (SSSR count). The maximum absolute atomic E-state index is 3.73. The highest BCUT2D eigenvalue weighted by molar-refractivity contribution is 5.06. The first-order valence-corrected chi connectivity index (χ1v) is 6.43. The molecule has 0 amide bonds. The highest BCUT2D eigenvalue weighted by atomic mass is 15.0. The van der Waals surface area contributed by atoms with Crippen molar-refractivity contribution in [3.05, 3.63) is 24.0 Å². The van der Waals surface area contributed by atoms with Gasteiger partial charge in [0.1, 0.15) is 0 Å². The summed E-state index contributed by atoms with van der Waals surface area (Å²) in [7, 11) is 2.11. The SMILES string of the molecule is Cn1cccc1CNC1CCCCC1(C)C. The van der Waals surface area contributed by atoms with Gasteiger partial charge >= 0.3 is 0 Å². The smallest absolute Gasteiger partial charge is 0.0361 e. The van der Waals surface area contributed by atoms with E-state index in [2.05, 4.69) is 49.1 Å². The molecule has 0 saturated heterocycles. The van der Waals surface area contributed by atoms with Crippen LogP contribution in [0.5, 0.6) is 0 Å². The van der Waals surface area contributed by atoms with Gasteiger partial charge in [-0.25, -0.2) is 0 Å². The Morgan fingerprint density at radius 2 is 2.25 bits per heavy atom. The maximum atomic E-state index is 3.73. The largest absolute Gasteiger partial charge is 0.353 e. The van der Waals surface area contributed by atoms with Crippen LogP contribution in [0.1, 0.15) is 45.2 Å². The molecule has 1 N–H and O–H groups in total. The molecular weight excluding hydrogens is 196 g/mol. The van der Waals surface area contributed by atoms with E-state index in [0.717, 1.165) is 6.54 Å². The third kappa shape index (κ3) is 2.49. The van der Waals surface area contributed by atoms with Crippen LogP contribution < -0.4 is 5.32 Å². The lowest BCUT2D eigenvalue weighted by atomic mass is 9.73. The monoisotopic (exact) mass is 220 g/mol. The Labute approximate surface area is 99.0 Å². The summed E-state index contributed by atoms with van der Waals surface area (Å²) in [5.74, 6) is 0. The van der Waals surface area contributed by atoms with Crippen LogP contribution in [0.15, 0.2) is 18.3 Å². The van der Waals surface area contributed by atoms with Gasteiger partial charge in [-0.1, -0.05) is 26.7 Å². The Kier molecular flexibility index (Phi) is 3.38. The number of nitrogens with zero attached hydrogens (tertiary/aromatic N) is 1. The summed E-state index contributed by atoms with van der Waals surface area (Å²) >= 11 is 0. The quantitative estimate of drug-likeness (QED) is 0.828. The summed E-state index contributed by atoms with van der Waals surface area (Å²) in [5, 5.41) is 3.73. The lowest BCUT2D eigenvalue weighted by Crippen LogP contribution is -2.43. The molecule has 2 nitrogen and oxygen atoms in total. The first kappa shape index (κ1) is 11.7. The zero-order valence-corrected chi connectivity index (χ0v) is 10.8. The van der Waals surface area contributed by atoms with Gasteiger partial charge in [-0.05, 0) is 30.4 Å². The number of aromatic nitrogens is 1. The maximum Gasteiger partial charge on any atom is 0.0361 e. The Morgan fingerprint density at radius 1 is 1.44 bits per heavy atom. The van der Waals surface area contributed by atoms with E-state index in [4.69, 9.17) is 0 Å². The van der Waals surface area contributed by atoms with Crippen LogP contribution in [-0.2, 0) is 13.6 Å². The molecule has 1 aromatic rings. The van der Waals surface area contributed by atoms with Gasteiger partial charge < -0.3 is 9.88 Å². The summed E-state index contributed by atoms with van der Waals surface area (Å²) in [6, 6.07) is 4.99. The normalized spacial score (nSPS) is 24.6. The van der Waals surface area contributed by atoms with Crippen molar-refractivity contribution in [1.29, 1.82) is 0 Å². The Balaban J connectivity index is 1.92. The standard InChI is InChI=1S/C14H24N2/c1-14(2)9-5-4-8-13(14)15-11-12-7-6-10-16(12)3/h6-7,10,13,15H,4-5,8-9,11H2,1-3H3. The van der Waals surface area contributed by atoms with Crippen LogP contribution in [-0.4, -0.2) is 10.6 Å². The number of nitrogens with one attached hydrogen (secondary N) is 1. The van der Waals surface area contributed by atoms with Crippen molar-refractivity contribution < 1.29 is 0 Å². The van der Waals surface area contributed by atoms with Gasteiger partial charge in [0.15, 0.2) is 0 Å². The fourth-order valence-electron chi connectivity index (χ4n) is 2.78. The van der Waals surface area contributed by atoms with Crippen LogP contribution in [0.4, 0.5) is 0 Å². The van der Waals surface area contributed by atoms with Gasteiger partial charge in [0.2, 0.25) is 0 Å². The van der Waals surface area contributed by atoms with Crippen LogP contribution in [0.2, 0.25) is 0 Å². The summed E-state index contributed by atoms with van der Waals surface area (Å²) < 4.78 is 2.20. The molecule has 1 aliphatic carbocycles. The molecule has 2 heteroatoms. The lowest BCUT2D eigenvalue weighted by molar-refractivity contribution is 0.166. The predicted octanol–water partition coefficient (Wildman–Crippen LogP) is 3.08. The molecule has 1 heterocycles. The first-order chi connectivity index (χ1) is 7.59. The highest BCUT2D eigenvalue weighted by Gasteiger charge is 2.31. The van der Waals surface area contributed by atoms with Crippen molar-refractivity contribution in [2.75, 3.05) is 0 Å². The predicted molar refractivity (Wildman–Crippen MR) is 68.3 cm³/mol. The molecule has 0 bridgehead atoms. The van der Waals surface area contributed by atoms with Crippen LogP contribution >= 0.6 is 0 Å². The third-order valence-corrected chi connectivity index (χ3v) is 4.09. The van der Waals surface area contributed by atoms with E-state index in [0.29, 0.717) is 11.5 Å². The Hall–Kier alpha value is -0.760. The van der Waals surface area contributed by atoms with Crippen molar-refractivity contribution in [3.8, 4) is 0 Å². The zero-order chi connectivity index (χ0) is 11.6. The molecule has 0 radical (unpaired) electrons. The van der Waals surface area contributed by atoms with Crippen molar-refractivity contribution >= 4 is 0 Å². The topological polar surface area (TPSA) is 17.0 Å². The van der Waals surface area contributed by atoms with Gasteiger partial charge in [0, 0.05) is 31.5 Å². The van der Waals surface area contributed by atoms with Gasteiger partial charge in [-0.3, -0.25) is 0 Å². The minimum Gasteiger partial charge on any atom is -0.353 e. The summed E-state index contributed by atoms with van der Waals surface area (Å²) in [4.78, 5) is 0. The molecule has 1 fully saturated rings. The summed E-state index contributed by atoms with van der Waals surface area (Å²) in [6.45, 7) is 5.79. The number of hydrogen-bond donors (Lipinski definition) is 1. The van der Waals surface area contributed by atoms with Gasteiger partial charge in [-0.15, -0.1) is 0 Å². The molecule has 1 aromatic heterocycles. The molecule has 0 spiro atoms. The second kappa shape index (κ2) is 4.62. The summed E-state index contributed by atoms with van der Waals surface area (Å²) in [5.41, 5.74) is 1.84. The molecule has 1 aliphatic rings. The molecule has 0 aliphatic heterocycles. The van der Waals surface area contributed by atoms with E-state index < -0.39 is 0 Å². The fourth-order valence-corrected chi connectivity index (χ4v) is 2.78. The minimum atomic E-state index is 0.462. The van der Waals surface area contributed by atoms with E-state index in [9.17, 15) is 0 Å². The van der Waals surface area contributed by atoms with Crippen molar-refractivity contribution in [2.45, 2.75) is 52.1 Å². The molecule has 16 heavy (non-hydrogen) atoms. The van der Waals surface area contributed by atoms with E-state index in [-0.39, 0.29) is 0 Å². The van der Waals surface area contributed by atoms with Crippen LogP contribution in [0.3, 0.4) is 0 Å². The number of rotatable bonds is 3. The first-order valence-electron chi connectivity index (χ1n) is 6.43. The number of hydrogen-bond acceptors (Lipinski definition) is 1. The molecule has 0 aromatic carbocycles.